The first-order valence-corrected chi connectivity index (χ1v) is 5.85. The Morgan fingerprint density at radius 1 is 1.11 bits per heavy atom. The highest BCUT2D eigenvalue weighted by Gasteiger charge is 2.47. The van der Waals surface area contributed by atoms with E-state index in [-0.39, 0.29) is 0 Å². The van der Waals surface area contributed by atoms with Gasteiger partial charge in [0.05, 0.1) is 5.57 Å². The predicted molar refractivity (Wildman–Crippen MR) is 60.1 cm³/mol. The molecule has 0 aromatic carbocycles. The van der Waals surface area contributed by atoms with Gasteiger partial charge >= 0.3 is 12.4 Å². The zero-order valence-corrected chi connectivity index (χ0v) is 10.8. The Morgan fingerprint density at radius 3 is 1.79 bits per heavy atom. The summed E-state index contributed by atoms with van der Waals surface area (Å²) in [6.07, 6.45) is -9.33. The Kier molecular flexibility index (Phi) is 5.91. The molecule has 19 heavy (non-hydrogen) atoms. The van der Waals surface area contributed by atoms with E-state index in [1.165, 1.54) is 6.26 Å². The summed E-state index contributed by atoms with van der Waals surface area (Å²) < 4.78 is 75.1. The number of nitrogens with zero attached hydrogens (tertiary/aromatic N) is 1. The second kappa shape index (κ2) is 6.31. The maximum absolute atomic E-state index is 12.6. The van der Waals surface area contributed by atoms with Crippen molar-refractivity contribution >= 4 is 22.6 Å². The number of thioether (sulfide) groups is 1. The van der Waals surface area contributed by atoms with Crippen LogP contribution >= 0.6 is 11.8 Å². The van der Waals surface area contributed by atoms with Crippen LogP contribution in [0.15, 0.2) is 16.3 Å². The van der Waals surface area contributed by atoms with E-state index < -0.39 is 34.4 Å². The van der Waals surface area contributed by atoms with Gasteiger partial charge in [-0.3, -0.25) is 9.79 Å². The summed E-state index contributed by atoms with van der Waals surface area (Å²) in [6.45, 7) is 0. The summed E-state index contributed by atoms with van der Waals surface area (Å²) in [5, 5.41) is 0.935. The molecule has 1 N–H and O–H groups in total. The largest absolute Gasteiger partial charge is 0.455 e. The Morgan fingerprint density at radius 2 is 1.58 bits per heavy atom. The van der Waals surface area contributed by atoms with Gasteiger partial charge in [-0.15, -0.1) is 11.8 Å². The third-order valence-electron chi connectivity index (χ3n) is 1.88. The third kappa shape index (κ3) is 4.44. The summed E-state index contributed by atoms with van der Waals surface area (Å²) in [5.41, 5.74) is -3.30. The molecule has 0 aliphatic heterocycles. The Bertz CT molecular complexity index is 410. The Hall–Kier alpha value is -1.19. The second-order valence-electron chi connectivity index (χ2n) is 3.06. The zero-order valence-electron chi connectivity index (χ0n) is 10.0. The van der Waals surface area contributed by atoms with Gasteiger partial charge in [0, 0.05) is 14.1 Å². The monoisotopic (exact) mass is 308 g/mol. The lowest BCUT2D eigenvalue weighted by Crippen LogP contribution is -2.35. The van der Waals surface area contributed by atoms with Crippen molar-refractivity contribution in [2.24, 2.45) is 4.99 Å². The molecule has 0 saturated carbocycles. The van der Waals surface area contributed by atoms with Crippen LogP contribution in [-0.4, -0.2) is 43.5 Å². The smallest absolute Gasteiger partial charge is 0.383 e. The maximum Gasteiger partial charge on any atom is 0.455 e. The summed E-state index contributed by atoms with van der Waals surface area (Å²) in [6, 6.07) is 0. The lowest BCUT2D eigenvalue weighted by molar-refractivity contribution is -0.166. The molecule has 10 heteroatoms. The molecule has 0 saturated heterocycles. The average Bonchev–Trinajstić information content (AvgIpc) is 2.25. The number of carbonyl (C=O) groups excluding carboxylic acids is 1. The second-order valence-corrected chi connectivity index (χ2v) is 3.85. The van der Waals surface area contributed by atoms with E-state index in [2.05, 4.69) is 4.99 Å². The molecule has 0 fully saturated rings. The molecule has 0 aliphatic carbocycles. The van der Waals surface area contributed by atoms with Crippen molar-refractivity contribution in [3.05, 3.63) is 11.3 Å². The number of nitrogens with one attached hydrogen (secondary N) is 1. The van der Waals surface area contributed by atoms with Crippen LogP contribution in [0.25, 0.3) is 0 Å². The van der Waals surface area contributed by atoms with Crippen molar-refractivity contribution in [3.8, 4) is 0 Å². The number of hydrogen-bond acceptors (Lipinski definition) is 4. The molecular formula is C9H10F6N2OS. The van der Waals surface area contributed by atoms with Gasteiger partial charge in [0.1, 0.15) is 10.7 Å². The number of carbonyl (C=O) groups is 1. The van der Waals surface area contributed by atoms with Gasteiger partial charge in [-0.2, -0.15) is 26.3 Å². The molecule has 0 radical (unpaired) electrons. The Labute approximate surface area is 109 Å². The topological polar surface area (TPSA) is 41.5 Å². The van der Waals surface area contributed by atoms with Crippen LogP contribution in [0.3, 0.4) is 0 Å². The first-order valence-electron chi connectivity index (χ1n) is 4.62. The van der Waals surface area contributed by atoms with Gasteiger partial charge < -0.3 is 5.32 Å². The van der Waals surface area contributed by atoms with Crippen molar-refractivity contribution in [3.63, 3.8) is 0 Å². The van der Waals surface area contributed by atoms with Crippen molar-refractivity contribution in [1.82, 2.24) is 5.32 Å². The quantitative estimate of drug-likeness (QED) is 0.377. The molecule has 110 valence electrons. The van der Waals surface area contributed by atoms with Crippen LogP contribution in [0.2, 0.25) is 0 Å². The van der Waals surface area contributed by atoms with Gasteiger partial charge in [-0.25, -0.2) is 0 Å². The minimum atomic E-state index is -5.42. The van der Waals surface area contributed by atoms with Gasteiger partial charge in [0.25, 0.3) is 5.78 Å². The minimum absolute atomic E-state index is 0.514. The number of allylic oxidation sites excluding steroid dienone is 1. The summed E-state index contributed by atoms with van der Waals surface area (Å²) in [5.74, 6) is -2.59. The number of halogens is 6. The van der Waals surface area contributed by atoms with Gasteiger partial charge in [0.15, 0.2) is 0 Å². The molecule has 0 bridgehead atoms. The van der Waals surface area contributed by atoms with Crippen molar-refractivity contribution < 1.29 is 31.1 Å². The third-order valence-corrected chi connectivity index (χ3v) is 2.65. The van der Waals surface area contributed by atoms with Gasteiger partial charge in [-0.1, -0.05) is 0 Å². The van der Waals surface area contributed by atoms with E-state index in [1.54, 1.807) is 5.32 Å². The molecule has 0 rings (SSSR count). The summed E-state index contributed by atoms with van der Waals surface area (Å²) in [4.78, 5) is 14.4. The van der Waals surface area contributed by atoms with E-state index in [9.17, 15) is 31.1 Å². The minimum Gasteiger partial charge on any atom is -0.383 e. The standard InChI is InChI=1S/C9H10F6N2OS/c1-16-5(8(10,11)12)4(7(17-2)19-3)6(18)9(13,14)15/h16H,1-3H3/b5-4+,17-7?. The number of hydrogen-bond donors (Lipinski definition) is 1. The number of ketones is 1. The van der Waals surface area contributed by atoms with E-state index in [0.717, 1.165) is 14.1 Å². The van der Waals surface area contributed by atoms with E-state index >= 15 is 0 Å². The van der Waals surface area contributed by atoms with E-state index in [4.69, 9.17) is 0 Å². The van der Waals surface area contributed by atoms with Gasteiger partial charge in [0.2, 0.25) is 0 Å². The number of Topliss-reactive ketones (excluding diaryl/α,β-unsaturated/α-hetero) is 1. The lowest BCUT2D eigenvalue weighted by atomic mass is 10.1. The first-order chi connectivity index (χ1) is 8.50. The highest BCUT2D eigenvalue weighted by molar-refractivity contribution is 8.14. The molecule has 0 atom stereocenters. The highest BCUT2D eigenvalue weighted by Crippen LogP contribution is 2.32. The van der Waals surface area contributed by atoms with Crippen LogP contribution in [0, 0.1) is 0 Å². The Balaban J connectivity index is 6.21. The molecular weight excluding hydrogens is 298 g/mol. The fraction of sp³-hybridized carbons (Fsp3) is 0.556. The number of alkyl halides is 6. The lowest BCUT2D eigenvalue weighted by Gasteiger charge is -2.18. The van der Waals surface area contributed by atoms with Crippen LogP contribution in [-0.2, 0) is 4.79 Å². The fourth-order valence-corrected chi connectivity index (χ4v) is 1.75. The number of rotatable bonds is 3. The number of aliphatic imine (C=N–C) groups is 1. The van der Waals surface area contributed by atoms with Crippen LogP contribution in [0.1, 0.15) is 0 Å². The average molecular weight is 308 g/mol. The van der Waals surface area contributed by atoms with Gasteiger partial charge in [-0.05, 0) is 6.26 Å². The SMILES string of the molecule is CN=C(SC)/C(C(=O)C(F)(F)F)=C(/NC)C(F)(F)F. The normalized spacial score (nSPS) is 15.1. The summed E-state index contributed by atoms with van der Waals surface area (Å²) in [7, 11) is 1.78. The molecule has 0 aromatic rings. The van der Waals surface area contributed by atoms with Crippen molar-refractivity contribution in [2.75, 3.05) is 20.4 Å². The van der Waals surface area contributed by atoms with E-state index in [0.29, 0.717) is 11.8 Å². The molecule has 0 heterocycles. The van der Waals surface area contributed by atoms with E-state index in [1.807, 2.05) is 0 Å². The van der Waals surface area contributed by atoms with Crippen LogP contribution in [0.5, 0.6) is 0 Å². The molecule has 0 spiro atoms. The molecule has 0 amide bonds. The first kappa shape index (κ1) is 17.8. The fourth-order valence-electron chi connectivity index (χ4n) is 1.17. The molecule has 0 unspecified atom stereocenters. The predicted octanol–water partition coefficient (Wildman–Crippen LogP) is 2.54. The zero-order chi connectivity index (χ0) is 15.4. The van der Waals surface area contributed by atoms with Crippen LogP contribution in [0.4, 0.5) is 26.3 Å². The maximum atomic E-state index is 12.6. The molecule has 0 aromatic heterocycles. The molecule has 3 nitrogen and oxygen atoms in total. The highest BCUT2D eigenvalue weighted by atomic mass is 32.2. The summed E-state index contributed by atoms with van der Waals surface area (Å²) >= 11 is 0.514. The molecule has 0 aliphatic rings. The van der Waals surface area contributed by atoms with Crippen LogP contribution < -0.4 is 5.32 Å². The van der Waals surface area contributed by atoms with Crippen molar-refractivity contribution in [2.45, 2.75) is 12.4 Å². The van der Waals surface area contributed by atoms with Crippen molar-refractivity contribution in [1.29, 1.82) is 0 Å².